The standard InChI is InChI=1S/C17H24N2O2/c1-2-19(13-7-8-13)17(20)11-21-14-9-6-12-4-3-5-16(18)15(12)10-14/h6,9-10,13,16H,2-5,7-8,11,18H2,1H3/t16-/m0/s1. The topological polar surface area (TPSA) is 55.6 Å². The Labute approximate surface area is 126 Å². The van der Waals surface area contributed by atoms with E-state index in [1.54, 1.807) is 0 Å². The fraction of sp³-hybridized carbons (Fsp3) is 0.588. The molecule has 1 atom stereocenters. The Morgan fingerprint density at radius 1 is 1.38 bits per heavy atom. The number of aryl methyl sites for hydroxylation is 1. The van der Waals surface area contributed by atoms with Crippen molar-refractivity contribution in [3.05, 3.63) is 29.3 Å². The van der Waals surface area contributed by atoms with Crippen LogP contribution in [-0.4, -0.2) is 30.0 Å². The number of amides is 1. The first-order chi connectivity index (χ1) is 10.2. The van der Waals surface area contributed by atoms with Gasteiger partial charge in [0.1, 0.15) is 5.75 Å². The lowest BCUT2D eigenvalue weighted by Crippen LogP contribution is -2.36. The van der Waals surface area contributed by atoms with E-state index in [1.165, 1.54) is 11.1 Å². The lowest BCUT2D eigenvalue weighted by atomic mass is 9.88. The first-order valence-electron chi connectivity index (χ1n) is 7.99. The number of nitrogens with zero attached hydrogens (tertiary/aromatic N) is 1. The second-order valence-corrected chi connectivity index (χ2v) is 6.06. The second kappa shape index (κ2) is 6.06. The van der Waals surface area contributed by atoms with Gasteiger partial charge in [0.15, 0.2) is 6.61 Å². The largest absolute Gasteiger partial charge is 0.484 e. The highest BCUT2D eigenvalue weighted by atomic mass is 16.5. The van der Waals surface area contributed by atoms with E-state index in [9.17, 15) is 4.79 Å². The van der Waals surface area contributed by atoms with Gasteiger partial charge in [-0.25, -0.2) is 0 Å². The molecule has 0 radical (unpaired) electrons. The van der Waals surface area contributed by atoms with E-state index in [0.29, 0.717) is 6.04 Å². The normalized spacial score (nSPS) is 20.8. The van der Waals surface area contributed by atoms with Crippen molar-refractivity contribution >= 4 is 5.91 Å². The van der Waals surface area contributed by atoms with Gasteiger partial charge in [-0.1, -0.05) is 6.07 Å². The van der Waals surface area contributed by atoms with Crippen LogP contribution in [0.25, 0.3) is 0 Å². The molecule has 0 aromatic heterocycles. The van der Waals surface area contributed by atoms with E-state index >= 15 is 0 Å². The van der Waals surface area contributed by atoms with Gasteiger partial charge in [0.25, 0.3) is 5.91 Å². The molecule has 0 spiro atoms. The lowest BCUT2D eigenvalue weighted by Gasteiger charge is -2.23. The number of benzene rings is 1. The zero-order chi connectivity index (χ0) is 14.8. The molecule has 0 bridgehead atoms. The van der Waals surface area contributed by atoms with Crippen LogP contribution >= 0.6 is 0 Å². The summed E-state index contributed by atoms with van der Waals surface area (Å²) in [6, 6.07) is 6.61. The number of ether oxygens (including phenoxy) is 1. The zero-order valence-corrected chi connectivity index (χ0v) is 12.7. The minimum atomic E-state index is 0.0852. The Morgan fingerprint density at radius 3 is 2.90 bits per heavy atom. The predicted molar refractivity (Wildman–Crippen MR) is 82.2 cm³/mol. The molecule has 1 saturated carbocycles. The number of hydrogen-bond acceptors (Lipinski definition) is 3. The zero-order valence-electron chi connectivity index (χ0n) is 12.7. The van der Waals surface area contributed by atoms with Gasteiger partial charge >= 0.3 is 0 Å². The highest BCUT2D eigenvalue weighted by Crippen LogP contribution is 2.31. The Balaban J connectivity index is 1.62. The highest BCUT2D eigenvalue weighted by Gasteiger charge is 2.31. The summed E-state index contributed by atoms with van der Waals surface area (Å²) in [5, 5.41) is 0. The van der Waals surface area contributed by atoms with Crippen molar-refractivity contribution in [2.24, 2.45) is 5.73 Å². The first kappa shape index (κ1) is 14.4. The molecule has 4 heteroatoms. The maximum atomic E-state index is 12.2. The summed E-state index contributed by atoms with van der Waals surface area (Å²) in [6.45, 7) is 2.91. The number of carbonyl (C=O) groups excluding carboxylic acids is 1. The third-order valence-corrected chi connectivity index (χ3v) is 4.49. The van der Waals surface area contributed by atoms with Crippen LogP contribution in [0.1, 0.15) is 49.8 Å². The molecular formula is C17H24N2O2. The molecule has 0 aliphatic heterocycles. The van der Waals surface area contributed by atoms with E-state index in [4.69, 9.17) is 10.5 Å². The van der Waals surface area contributed by atoms with Gasteiger partial charge in [-0.2, -0.15) is 0 Å². The summed E-state index contributed by atoms with van der Waals surface area (Å²) in [4.78, 5) is 14.1. The van der Waals surface area contributed by atoms with Gasteiger partial charge in [0, 0.05) is 18.6 Å². The van der Waals surface area contributed by atoms with Crippen LogP contribution in [0.15, 0.2) is 18.2 Å². The van der Waals surface area contributed by atoms with Crippen LogP contribution in [0.5, 0.6) is 5.75 Å². The lowest BCUT2D eigenvalue weighted by molar-refractivity contribution is -0.133. The van der Waals surface area contributed by atoms with Gasteiger partial charge in [-0.15, -0.1) is 0 Å². The third kappa shape index (κ3) is 3.21. The maximum absolute atomic E-state index is 12.2. The Bertz CT molecular complexity index is 526. The van der Waals surface area contributed by atoms with E-state index in [2.05, 4.69) is 6.07 Å². The molecule has 3 rings (SSSR count). The van der Waals surface area contributed by atoms with Crippen molar-refractivity contribution in [1.29, 1.82) is 0 Å². The number of likely N-dealkylation sites (N-methyl/N-ethyl adjacent to an activating group) is 1. The summed E-state index contributed by atoms with van der Waals surface area (Å²) in [5.41, 5.74) is 8.66. The van der Waals surface area contributed by atoms with Gasteiger partial charge in [0.2, 0.25) is 0 Å². The third-order valence-electron chi connectivity index (χ3n) is 4.49. The molecule has 1 aromatic rings. The first-order valence-corrected chi connectivity index (χ1v) is 7.99. The Kier molecular flexibility index (Phi) is 4.15. The van der Waals surface area contributed by atoms with Crippen LogP contribution in [0.2, 0.25) is 0 Å². The molecule has 1 aromatic carbocycles. The average molecular weight is 288 g/mol. The molecule has 21 heavy (non-hydrogen) atoms. The second-order valence-electron chi connectivity index (χ2n) is 6.06. The van der Waals surface area contributed by atoms with E-state index < -0.39 is 0 Å². The van der Waals surface area contributed by atoms with Crippen molar-refractivity contribution in [2.45, 2.75) is 51.1 Å². The number of rotatable bonds is 5. The summed E-state index contributed by atoms with van der Waals surface area (Å²) < 4.78 is 5.70. The van der Waals surface area contributed by atoms with Crippen molar-refractivity contribution in [3.8, 4) is 5.75 Å². The fourth-order valence-corrected chi connectivity index (χ4v) is 3.16. The summed E-state index contributed by atoms with van der Waals surface area (Å²) in [5.74, 6) is 0.841. The molecule has 0 unspecified atom stereocenters. The molecule has 2 aliphatic rings. The number of carbonyl (C=O) groups is 1. The van der Waals surface area contributed by atoms with Gasteiger partial charge in [0.05, 0.1) is 0 Å². The maximum Gasteiger partial charge on any atom is 0.260 e. The number of fused-ring (bicyclic) bond motifs is 1. The molecule has 4 nitrogen and oxygen atoms in total. The van der Waals surface area contributed by atoms with Gasteiger partial charge in [-0.05, 0) is 62.3 Å². The van der Waals surface area contributed by atoms with Crippen molar-refractivity contribution in [2.75, 3.05) is 13.2 Å². The minimum absolute atomic E-state index is 0.0852. The fourth-order valence-electron chi connectivity index (χ4n) is 3.16. The van der Waals surface area contributed by atoms with Gasteiger partial charge < -0.3 is 15.4 Å². The van der Waals surface area contributed by atoms with Crippen LogP contribution in [-0.2, 0) is 11.2 Å². The number of hydrogen-bond donors (Lipinski definition) is 1. The van der Waals surface area contributed by atoms with Gasteiger partial charge in [-0.3, -0.25) is 4.79 Å². The molecule has 2 aliphatic carbocycles. The van der Waals surface area contributed by atoms with Crippen LogP contribution in [0.4, 0.5) is 0 Å². The van der Waals surface area contributed by atoms with E-state index in [0.717, 1.165) is 44.4 Å². The van der Waals surface area contributed by atoms with Crippen molar-refractivity contribution < 1.29 is 9.53 Å². The van der Waals surface area contributed by atoms with Crippen molar-refractivity contribution in [1.82, 2.24) is 4.90 Å². The smallest absolute Gasteiger partial charge is 0.260 e. The Morgan fingerprint density at radius 2 is 2.19 bits per heavy atom. The van der Waals surface area contributed by atoms with Crippen LogP contribution < -0.4 is 10.5 Å². The molecular weight excluding hydrogens is 264 g/mol. The predicted octanol–water partition coefficient (Wildman–Crippen LogP) is 2.41. The SMILES string of the molecule is CCN(C(=O)COc1ccc2c(c1)[C@@H](N)CCC2)C1CC1. The molecule has 0 heterocycles. The number of nitrogens with two attached hydrogens (primary N) is 1. The van der Waals surface area contributed by atoms with Crippen LogP contribution in [0.3, 0.4) is 0 Å². The average Bonchev–Trinajstić information content (AvgIpc) is 3.31. The summed E-state index contributed by atoms with van der Waals surface area (Å²) >= 11 is 0. The quantitative estimate of drug-likeness (QED) is 0.905. The summed E-state index contributed by atoms with van der Waals surface area (Å²) in [7, 11) is 0. The molecule has 114 valence electrons. The highest BCUT2D eigenvalue weighted by molar-refractivity contribution is 5.78. The monoisotopic (exact) mass is 288 g/mol. The molecule has 1 fully saturated rings. The molecule has 0 saturated heterocycles. The molecule has 1 amide bonds. The van der Waals surface area contributed by atoms with E-state index in [1.807, 2.05) is 24.0 Å². The minimum Gasteiger partial charge on any atom is -0.484 e. The molecule has 2 N–H and O–H groups in total. The van der Waals surface area contributed by atoms with Crippen molar-refractivity contribution in [3.63, 3.8) is 0 Å². The Hall–Kier alpha value is -1.55. The summed E-state index contributed by atoms with van der Waals surface area (Å²) in [6.07, 6.45) is 5.54. The van der Waals surface area contributed by atoms with E-state index in [-0.39, 0.29) is 18.6 Å². The van der Waals surface area contributed by atoms with Crippen LogP contribution in [0, 0.1) is 0 Å².